The van der Waals surface area contributed by atoms with Crippen LogP contribution < -0.4 is 4.74 Å². The van der Waals surface area contributed by atoms with E-state index in [0.717, 1.165) is 21.9 Å². The maximum atomic E-state index is 6.21. The lowest BCUT2D eigenvalue weighted by atomic mass is 10.1. The highest BCUT2D eigenvalue weighted by Crippen LogP contribution is 2.27. The summed E-state index contributed by atoms with van der Waals surface area (Å²) in [7, 11) is 0. The van der Waals surface area contributed by atoms with Gasteiger partial charge in [-0.15, -0.1) is 10.2 Å². The van der Waals surface area contributed by atoms with Crippen molar-refractivity contribution in [3.63, 3.8) is 0 Å². The molecule has 3 aromatic heterocycles. The van der Waals surface area contributed by atoms with Crippen molar-refractivity contribution < 1.29 is 13.6 Å². The lowest BCUT2D eigenvalue weighted by molar-refractivity contribution is 0.269. The van der Waals surface area contributed by atoms with E-state index in [4.69, 9.17) is 25.2 Å². The molecule has 3 heterocycles. The third-order valence-corrected chi connectivity index (χ3v) is 5.53. The van der Waals surface area contributed by atoms with Crippen LogP contribution in [0.15, 0.2) is 61.8 Å². The van der Waals surface area contributed by atoms with E-state index in [0.29, 0.717) is 34.9 Å². The van der Waals surface area contributed by atoms with E-state index < -0.39 is 0 Å². The number of aromatic nitrogens is 3. The molecule has 0 aliphatic carbocycles. The van der Waals surface area contributed by atoms with E-state index in [-0.39, 0.29) is 0 Å². The zero-order chi connectivity index (χ0) is 21.1. The average Bonchev–Trinajstić information content (AvgIpc) is 3.49. The Morgan fingerprint density at radius 2 is 2.00 bits per heavy atom. The normalized spacial score (nSPS) is 11.5. The Morgan fingerprint density at radius 1 is 1.20 bits per heavy atom. The number of ether oxygens (including phenoxy) is 1. The minimum absolute atomic E-state index is 0.300. The van der Waals surface area contributed by atoms with Crippen LogP contribution in [0.3, 0.4) is 0 Å². The van der Waals surface area contributed by atoms with Crippen LogP contribution in [-0.2, 0) is 6.61 Å². The molecule has 0 saturated heterocycles. The highest BCUT2D eigenvalue weighted by molar-refractivity contribution is 7.98. The van der Waals surface area contributed by atoms with Gasteiger partial charge in [-0.05, 0) is 67.6 Å². The van der Waals surface area contributed by atoms with Crippen LogP contribution in [0.2, 0.25) is 5.02 Å². The van der Waals surface area contributed by atoms with Crippen LogP contribution in [-0.4, -0.2) is 27.3 Å². The van der Waals surface area contributed by atoms with Crippen molar-refractivity contribution in [3.05, 3.63) is 70.3 Å². The van der Waals surface area contributed by atoms with Gasteiger partial charge in [0.05, 0.1) is 12.5 Å². The van der Waals surface area contributed by atoms with Gasteiger partial charge in [0.2, 0.25) is 11.0 Å². The van der Waals surface area contributed by atoms with Crippen molar-refractivity contribution in [3.8, 4) is 17.3 Å². The molecular formula is C21H19ClN4O3S. The van der Waals surface area contributed by atoms with Crippen LogP contribution in [0.1, 0.15) is 22.6 Å². The Kier molecular flexibility index (Phi) is 5.96. The number of hydrogen-bond acceptors (Lipinski definition) is 7. The van der Waals surface area contributed by atoms with Gasteiger partial charge in [0.15, 0.2) is 5.76 Å². The number of nitrogens with zero attached hydrogens (tertiary/aromatic N) is 4. The summed E-state index contributed by atoms with van der Waals surface area (Å²) in [6, 6.07) is 11.1. The van der Waals surface area contributed by atoms with Crippen LogP contribution in [0, 0.1) is 13.8 Å². The molecule has 0 aliphatic rings. The summed E-state index contributed by atoms with van der Waals surface area (Å²) >= 11 is 7.64. The van der Waals surface area contributed by atoms with Crippen LogP contribution in [0.4, 0.5) is 0 Å². The average molecular weight is 443 g/mol. The molecule has 0 N–H and O–H groups in total. The van der Waals surface area contributed by atoms with Crippen LogP contribution >= 0.6 is 23.4 Å². The zero-order valence-corrected chi connectivity index (χ0v) is 18.2. The minimum Gasteiger partial charge on any atom is -0.486 e. The van der Waals surface area contributed by atoms with E-state index in [1.165, 1.54) is 11.8 Å². The molecule has 0 amide bonds. The van der Waals surface area contributed by atoms with Gasteiger partial charge in [-0.3, -0.25) is 0 Å². The smallest absolute Gasteiger partial charge is 0.221 e. The van der Waals surface area contributed by atoms with Gasteiger partial charge in [0.1, 0.15) is 23.9 Å². The number of rotatable bonds is 7. The van der Waals surface area contributed by atoms with E-state index in [1.807, 2.05) is 50.4 Å². The molecule has 4 rings (SSSR count). The maximum absolute atomic E-state index is 6.21. The van der Waals surface area contributed by atoms with Crippen molar-refractivity contribution in [1.82, 2.24) is 14.9 Å². The van der Waals surface area contributed by atoms with Gasteiger partial charge in [-0.2, -0.15) is 9.78 Å². The Bertz CT molecular complexity index is 1160. The Balaban J connectivity index is 1.48. The number of benzene rings is 1. The van der Waals surface area contributed by atoms with Gasteiger partial charge in [0, 0.05) is 5.02 Å². The van der Waals surface area contributed by atoms with Crippen molar-refractivity contribution >= 4 is 29.6 Å². The fraction of sp³-hybridized carbons (Fsp3) is 0.190. The molecule has 1 aromatic carbocycles. The first kappa shape index (κ1) is 20.3. The summed E-state index contributed by atoms with van der Waals surface area (Å²) < 4.78 is 18.7. The first-order valence-electron chi connectivity index (χ1n) is 9.11. The molecule has 9 heteroatoms. The summed E-state index contributed by atoms with van der Waals surface area (Å²) in [6.45, 7) is 4.21. The standard InChI is InChI=1S/C21H19ClN4O3S/c1-13-9-17(10-14(2)19(13)22)28-12-16-7-6-15(29-16)11-23-26-20(18-5-4-8-27-18)24-25-21(26)30-3/h4-11H,12H2,1-3H3/b23-11-. The molecule has 154 valence electrons. The Morgan fingerprint density at radius 3 is 2.70 bits per heavy atom. The summed E-state index contributed by atoms with van der Waals surface area (Å²) in [5.41, 5.74) is 1.95. The topological polar surface area (TPSA) is 78.6 Å². The van der Waals surface area contributed by atoms with Crippen molar-refractivity contribution in [2.75, 3.05) is 6.26 Å². The molecular weight excluding hydrogens is 424 g/mol. The predicted octanol–water partition coefficient (Wildman–Crippen LogP) is 5.58. The number of furan rings is 2. The molecule has 0 radical (unpaired) electrons. The van der Waals surface area contributed by atoms with Gasteiger partial charge >= 0.3 is 0 Å². The van der Waals surface area contributed by atoms with Crippen LogP contribution in [0.25, 0.3) is 11.6 Å². The van der Waals surface area contributed by atoms with Gasteiger partial charge in [-0.25, -0.2) is 0 Å². The van der Waals surface area contributed by atoms with E-state index in [1.54, 1.807) is 23.2 Å². The Hall–Kier alpha value is -2.97. The highest BCUT2D eigenvalue weighted by atomic mass is 35.5. The maximum Gasteiger partial charge on any atom is 0.221 e. The van der Waals surface area contributed by atoms with Gasteiger partial charge in [0.25, 0.3) is 0 Å². The molecule has 0 fully saturated rings. The quantitative estimate of drug-likeness (QED) is 0.274. The molecule has 0 unspecified atom stereocenters. The highest BCUT2D eigenvalue weighted by Gasteiger charge is 2.15. The third kappa shape index (κ3) is 4.29. The summed E-state index contributed by atoms with van der Waals surface area (Å²) in [5, 5.41) is 14.1. The second kappa shape index (κ2) is 8.81. The molecule has 0 spiro atoms. The predicted molar refractivity (Wildman–Crippen MR) is 116 cm³/mol. The largest absolute Gasteiger partial charge is 0.486 e. The Labute approximate surface area is 182 Å². The molecule has 4 aromatic rings. The summed E-state index contributed by atoms with van der Waals surface area (Å²) in [6.07, 6.45) is 5.10. The number of thioether (sulfide) groups is 1. The van der Waals surface area contributed by atoms with Crippen molar-refractivity contribution in [2.24, 2.45) is 5.10 Å². The fourth-order valence-electron chi connectivity index (χ4n) is 2.86. The lowest BCUT2D eigenvalue weighted by Gasteiger charge is -2.08. The molecule has 0 atom stereocenters. The minimum atomic E-state index is 0.300. The monoisotopic (exact) mass is 442 g/mol. The van der Waals surface area contributed by atoms with E-state index in [9.17, 15) is 0 Å². The van der Waals surface area contributed by atoms with E-state index >= 15 is 0 Å². The molecule has 0 saturated carbocycles. The summed E-state index contributed by atoms with van der Waals surface area (Å²) in [5.74, 6) is 3.12. The second-order valence-electron chi connectivity index (χ2n) is 6.51. The van der Waals surface area contributed by atoms with Crippen molar-refractivity contribution in [2.45, 2.75) is 25.6 Å². The van der Waals surface area contributed by atoms with Gasteiger partial charge in [-0.1, -0.05) is 23.4 Å². The summed E-state index contributed by atoms with van der Waals surface area (Å²) in [4.78, 5) is 0. The first-order valence-corrected chi connectivity index (χ1v) is 10.7. The van der Waals surface area contributed by atoms with Gasteiger partial charge < -0.3 is 13.6 Å². The van der Waals surface area contributed by atoms with Crippen LogP contribution in [0.5, 0.6) is 5.75 Å². The zero-order valence-electron chi connectivity index (χ0n) is 16.6. The number of halogens is 1. The van der Waals surface area contributed by atoms with E-state index in [2.05, 4.69) is 15.3 Å². The molecule has 0 bridgehead atoms. The first-order chi connectivity index (χ1) is 14.5. The number of hydrogen-bond donors (Lipinski definition) is 0. The number of aryl methyl sites for hydroxylation is 2. The fourth-order valence-corrected chi connectivity index (χ4v) is 3.39. The third-order valence-electron chi connectivity index (χ3n) is 4.31. The molecule has 0 aliphatic heterocycles. The lowest BCUT2D eigenvalue weighted by Crippen LogP contribution is -1.96. The second-order valence-corrected chi connectivity index (χ2v) is 7.66. The molecule has 7 nitrogen and oxygen atoms in total. The molecule has 30 heavy (non-hydrogen) atoms. The van der Waals surface area contributed by atoms with Crippen molar-refractivity contribution in [1.29, 1.82) is 0 Å². The SMILES string of the molecule is CSc1nnc(-c2ccco2)n1/N=C\c1ccc(COc2cc(C)c(Cl)c(C)c2)o1.